The summed E-state index contributed by atoms with van der Waals surface area (Å²) in [4.78, 5) is 14.8. The molecule has 1 aromatic rings. The summed E-state index contributed by atoms with van der Waals surface area (Å²) in [5.41, 5.74) is 0.299. The number of piperazine rings is 1. The van der Waals surface area contributed by atoms with E-state index in [0.717, 1.165) is 38.8 Å². The van der Waals surface area contributed by atoms with Crippen molar-refractivity contribution in [3.8, 4) is 0 Å². The first-order chi connectivity index (χ1) is 10.1. The average Bonchev–Trinajstić information content (AvgIpc) is 2.51. The van der Waals surface area contributed by atoms with E-state index < -0.39 is 5.82 Å². The summed E-state index contributed by atoms with van der Waals surface area (Å²) < 4.78 is 13.6. The lowest BCUT2D eigenvalue weighted by atomic mass is 9.78. The number of nitrogens with zero attached hydrogens (tertiary/aromatic N) is 1. The maximum Gasteiger partial charge on any atom is 0.254 e. The smallest absolute Gasteiger partial charge is 0.254 e. The molecule has 0 radical (unpaired) electrons. The zero-order valence-corrected chi connectivity index (χ0v) is 12.8. The first kappa shape index (κ1) is 14.8. The number of benzene rings is 1. The maximum atomic E-state index is 13.6. The fourth-order valence-electron chi connectivity index (χ4n) is 3.60. The number of carbonyl (C=O) groups is 1. The van der Waals surface area contributed by atoms with E-state index in [4.69, 9.17) is 11.6 Å². The van der Waals surface area contributed by atoms with Crippen LogP contribution in [0.25, 0.3) is 0 Å². The minimum absolute atomic E-state index is 0.0549. The molecule has 0 unspecified atom stereocenters. The van der Waals surface area contributed by atoms with Crippen molar-refractivity contribution in [3.05, 3.63) is 34.6 Å². The van der Waals surface area contributed by atoms with E-state index in [1.54, 1.807) is 6.07 Å². The normalized spacial score (nSPS) is 21.5. The van der Waals surface area contributed by atoms with E-state index in [2.05, 4.69) is 5.32 Å². The van der Waals surface area contributed by atoms with Gasteiger partial charge in [-0.05, 0) is 31.0 Å². The Bertz CT molecular complexity index is 535. The van der Waals surface area contributed by atoms with Gasteiger partial charge in [0, 0.05) is 25.2 Å². The average molecular weight is 311 g/mol. The second-order valence-electron chi connectivity index (χ2n) is 6.05. The van der Waals surface area contributed by atoms with Crippen LogP contribution in [-0.2, 0) is 0 Å². The highest BCUT2D eigenvalue weighted by Gasteiger charge is 2.42. The van der Waals surface area contributed by atoms with Crippen molar-refractivity contribution in [1.82, 2.24) is 10.2 Å². The number of nitrogens with one attached hydrogen (secondary N) is 1. The lowest BCUT2D eigenvalue weighted by Crippen LogP contribution is -2.63. The molecule has 2 aliphatic rings. The highest BCUT2D eigenvalue weighted by atomic mass is 35.5. The Labute approximate surface area is 129 Å². The van der Waals surface area contributed by atoms with Gasteiger partial charge < -0.3 is 10.2 Å². The minimum Gasteiger partial charge on any atom is -0.330 e. The van der Waals surface area contributed by atoms with Crippen molar-refractivity contribution in [2.75, 3.05) is 19.6 Å². The molecule has 21 heavy (non-hydrogen) atoms. The molecular formula is C16H20ClFN2O. The molecule has 1 amide bonds. The lowest BCUT2D eigenvalue weighted by Gasteiger charge is -2.49. The van der Waals surface area contributed by atoms with Crippen molar-refractivity contribution >= 4 is 17.5 Å². The topological polar surface area (TPSA) is 32.3 Å². The number of hydrogen-bond donors (Lipinski definition) is 1. The Balaban J connectivity index is 1.88. The fourth-order valence-corrected chi connectivity index (χ4v) is 3.72. The minimum atomic E-state index is -0.532. The van der Waals surface area contributed by atoms with Crippen LogP contribution in [0.15, 0.2) is 18.2 Å². The first-order valence-electron chi connectivity index (χ1n) is 7.60. The molecule has 0 bridgehead atoms. The molecule has 0 atom stereocenters. The van der Waals surface area contributed by atoms with Crippen molar-refractivity contribution in [1.29, 1.82) is 0 Å². The monoisotopic (exact) mass is 310 g/mol. The molecule has 2 fully saturated rings. The molecule has 1 aromatic carbocycles. The molecule has 1 aliphatic carbocycles. The predicted molar refractivity (Wildman–Crippen MR) is 81.1 cm³/mol. The van der Waals surface area contributed by atoms with Gasteiger partial charge in [0.05, 0.1) is 10.6 Å². The van der Waals surface area contributed by atoms with E-state index >= 15 is 0 Å². The van der Waals surface area contributed by atoms with E-state index in [0.29, 0.717) is 12.1 Å². The molecule has 5 heteroatoms. The molecule has 1 heterocycles. The second kappa shape index (κ2) is 5.93. The van der Waals surface area contributed by atoms with Crippen LogP contribution in [0.1, 0.15) is 42.5 Å². The van der Waals surface area contributed by atoms with Gasteiger partial charge >= 0.3 is 0 Å². The molecule has 1 saturated carbocycles. The summed E-state index contributed by atoms with van der Waals surface area (Å²) in [7, 11) is 0. The molecule has 3 nitrogen and oxygen atoms in total. The molecular weight excluding hydrogens is 291 g/mol. The molecule has 1 N–H and O–H groups in total. The Morgan fingerprint density at radius 1 is 1.29 bits per heavy atom. The molecule has 1 spiro atoms. The molecule has 0 aromatic heterocycles. The Kier molecular flexibility index (Phi) is 4.18. The van der Waals surface area contributed by atoms with Crippen molar-refractivity contribution in [3.63, 3.8) is 0 Å². The maximum absolute atomic E-state index is 13.6. The van der Waals surface area contributed by atoms with Crippen LogP contribution in [0.4, 0.5) is 4.39 Å². The zero-order chi connectivity index (χ0) is 14.9. The number of rotatable bonds is 1. The zero-order valence-electron chi connectivity index (χ0n) is 12.0. The largest absolute Gasteiger partial charge is 0.330 e. The lowest BCUT2D eigenvalue weighted by molar-refractivity contribution is 0.0222. The number of hydrogen-bond acceptors (Lipinski definition) is 2. The third-order valence-electron chi connectivity index (χ3n) is 4.73. The number of carbonyl (C=O) groups excluding carboxylic acids is 1. The van der Waals surface area contributed by atoms with Crippen molar-refractivity contribution in [2.45, 2.75) is 37.6 Å². The SMILES string of the molecule is O=C(c1ccc(Cl)c(F)c1)N1CCNCC12CCCCC2. The fraction of sp³-hybridized carbons (Fsp3) is 0.562. The van der Waals surface area contributed by atoms with E-state index in [9.17, 15) is 9.18 Å². The summed E-state index contributed by atoms with van der Waals surface area (Å²) >= 11 is 5.70. The van der Waals surface area contributed by atoms with Crippen LogP contribution in [0, 0.1) is 5.82 Å². The van der Waals surface area contributed by atoms with E-state index in [1.165, 1.54) is 18.6 Å². The van der Waals surface area contributed by atoms with E-state index in [1.807, 2.05) is 4.90 Å². The van der Waals surface area contributed by atoms with Gasteiger partial charge in [-0.1, -0.05) is 30.9 Å². The summed E-state index contributed by atoms with van der Waals surface area (Å²) in [6.45, 7) is 2.32. The van der Waals surface area contributed by atoms with Crippen LogP contribution in [0.3, 0.4) is 0 Å². The van der Waals surface area contributed by atoms with Crippen molar-refractivity contribution in [2.24, 2.45) is 0 Å². The number of halogens is 2. The van der Waals surface area contributed by atoms with E-state index in [-0.39, 0.29) is 16.5 Å². The van der Waals surface area contributed by atoms with Gasteiger partial charge in [0.2, 0.25) is 0 Å². The first-order valence-corrected chi connectivity index (χ1v) is 7.98. The Morgan fingerprint density at radius 3 is 2.76 bits per heavy atom. The number of amides is 1. The van der Waals surface area contributed by atoms with Gasteiger partial charge in [-0.15, -0.1) is 0 Å². The standard InChI is InChI=1S/C16H20ClFN2O/c17-13-5-4-12(10-14(13)18)15(21)20-9-8-19-11-16(20)6-2-1-3-7-16/h4-5,10,19H,1-3,6-9,11H2. The predicted octanol–water partition coefficient (Wildman–Crippen LogP) is 3.23. The van der Waals surface area contributed by atoms with Gasteiger partial charge in [0.15, 0.2) is 0 Å². The van der Waals surface area contributed by atoms with Gasteiger partial charge in [-0.25, -0.2) is 4.39 Å². The summed E-state index contributed by atoms with van der Waals surface area (Å²) in [6, 6.07) is 4.33. The van der Waals surface area contributed by atoms with Crippen LogP contribution in [0.2, 0.25) is 5.02 Å². The molecule has 3 rings (SSSR count). The quantitative estimate of drug-likeness (QED) is 0.864. The molecule has 114 valence electrons. The van der Waals surface area contributed by atoms with Crippen LogP contribution in [0.5, 0.6) is 0 Å². The Hall–Kier alpha value is -1.13. The van der Waals surface area contributed by atoms with Gasteiger partial charge in [-0.2, -0.15) is 0 Å². The van der Waals surface area contributed by atoms with Gasteiger partial charge in [-0.3, -0.25) is 4.79 Å². The summed E-state index contributed by atoms with van der Waals surface area (Å²) in [6.07, 6.45) is 5.60. The summed E-state index contributed by atoms with van der Waals surface area (Å²) in [5.74, 6) is -0.607. The second-order valence-corrected chi connectivity index (χ2v) is 6.45. The highest BCUT2D eigenvalue weighted by molar-refractivity contribution is 6.30. The molecule has 1 saturated heterocycles. The Morgan fingerprint density at radius 2 is 2.05 bits per heavy atom. The van der Waals surface area contributed by atoms with Crippen LogP contribution < -0.4 is 5.32 Å². The molecule has 1 aliphatic heterocycles. The van der Waals surface area contributed by atoms with Crippen molar-refractivity contribution < 1.29 is 9.18 Å². The highest BCUT2D eigenvalue weighted by Crippen LogP contribution is 2.35. The van der Waals surface area contributed by atoms with Crippen LogP contribution >= 0.6 is 11.6 Å². The van der Waals surface area contributed by atoms with Gasteiger partial charge in [0.1, 0.15) is 5.82 Å². The third kappa shape index (κ3) is 2.79. The third-order valence-corrected chi connectivity index (χ3v) is 5.04. The van der Waals surface area contributed by atoms with Gasteiger partial charge in [0.25, 0.3) is 5.91 Å². The summed E-state index contributed by atoms with van der Waals surface area (Å²) in [5, 5.41) is 3.47. The van der Waals surface area contributed by atoms with Crippen LogP contribution in [-0.4, -0.2) is 36.0 Å².